The Bertz CT molecular complexity index is 481. The molecule has 1 heterocycles. The standard InChI is InChI=1S/C12H15ClN2O/c1-8(4-3-7-14)12-15-10-6-2-5-9(13)11(10)16-12/h2,5-6,8H,3-4,7,14H2,1H3. The smallest absolute Gasteiger partial charge is 0.198 e. The zero-order chi connectivity index (χ0) is 11.5. The van der Waals surface area contributed by atoms with Crippen LogP contribution in [0.4, 0.5) is 0 Å². The van der Waals surface area contributed by atoms with Crippen LogP contribution < -0.4 is 5.73 Å². The zero-order valence-electron chi connectivity index (χ0n) is 9.24. The zero-order valence-corrected chi connectivity index (χ0v) is 10.00. The summed E-state index contributed by atoms with van der Waals surface area (Å²) in [4.78, 5) is 4.43. The number of fused-ring (bicyclic) bond motifs is 1. The molecule has 1 aromatic heterocycles. The van der Waals surface area contributed by atoms with E-state index < -0.39 is 0 Å². The fourth-order valence-corrected chi connectivity index (χ4v) is 1.90. The summed E-state index contributed by atoms with van der Waals surface area (Å²) in [6.45, 7) is 2.79. The highest BCUT2D eigenvalue weighted by atomic mass is 35.5. The van der Waals surface area contributed by atoms with Crippen LogP contribution in [0.5, 0.6) is 0 Å². The third-order valence-electron chi connectivity index (χ3n) is 2.65. The predicted molar refractivity (Wildman–Crippen MR) is 65.7 cm³/mol. The van der Waals surface area contributed by atoms with Gasteiger partial charge in [0.25, 0.3) is 0 Å². The van der Waals surface area contributed by atoms with Crippen LogP contribution in [0.3, 0.4) is 0 Å². The van der Waals surface area contributed by atoms with Crippen LogP contribution in [-0.2, 0) is 0 Å². The molecule has 86 valence electrons. The number of rotatable bonds is 4. The summed E-state index contributed by atoms with van der Waals surface area (Å²) in [5, 5.41) is 0.613. The van der Waals surface area contributed by atoms with Gasteiger partial charge in [-0.25, -0.2) is 4.98 Å². The predicted octanol–water partition coefficient (Wildman–Crippen LogP) is 3.32. The number of para-hydroxylation sites is 1. The van der Waals surface area contributed by atoms with Crippen molar-refractivity contribution in [2.24, 2.45) is 5.73 Å². The highest BCUT2D eigenvalue weighted by Crippen LogP contribution is 2.28. The van der Waals surface area contributed by atoms with Gasteiger partial charge < -0.3 is 10.2 Å². The molecule has 0 bridgehead atoms. The number of hydrogen-bond acceptors (Lipinski definition) is 3. The fourth-order valence-electron chi connectivity index (χ4n) is 1.69. The number of hydrogen-bond donors (Lipinski definition) is 1. The Balaban J connectivity index is 2.29. The molecular formula is C12H15ClN2O. The molecule has 0 saturated heterocycles. The lowest BCUT2D eigenvalue weighted by molar-refractivity contribution is 0.464. The molecule has 0 aliphatic rings. The average Bonchev–Trinajstić information content (AvgIpc) is 2.71. The van der Waals surface area contributed by atoms with E-state index in [4.69, 9.17) is 21.8 Å². The fraction of sp³-hybridized carbons (Fsp3) is 0.417. The maximum Gasteiger partial charge on any atom is 0.198 e. The van der Waals surface area contributed by atoms with Gasteiger partial charge in [-0.15, -0.1) is 0 Å². The summed E-state index contributed by atoms with van der Waals surface area (Å²) in [5.41, 5.74) is 6.98. The first-order valence-electron chi connectivity index (χ1n) is 5.47. The summed E-state index contributed by atoms with van der Waals surface area (Å²) < 4.78 is 5.67. The Labute approximate surface area is 99.6 Å². The summed E-state index contributed by atoms with van der Waals surface area (Å²) in [7, 11) is 0. The van der Waals surface area contributed by atoms with Gasteiger partial charge in [-0.1, -0.05) is 24.6 Å². The van der Waals surface area contributed by atoms with Crippen molar-refractivity contribution in [3.8, 4) is 0 Å². The summed E-state index contributed by atoms with van der Waals surface area (Å²) in [5.74, 6) is 1.03. The van der Waals surface area contributed by atoms with Crippen molar-refractivity contribution in [2.45, 2.75) is 25.7 Å². The van der Waals surface area contributed by atoms with Crippen LogP contribution in [0.25, 0.3) is 11.1 Å². The van der Waals surface area contributed by atoms with Gasteiger partial charge in [0.2, 0.25) is 0 Å². The lowest BCUT2D eigenvalue weighted by atomic mass is 10.1. The summed E-state index contributed by atoms with van der Waals surface area (Å²) in [6, 6.07) is 5.59. The van der Waals surface area contributed by atoms with E-state index in [-0.39, 0.29) is 5.92 Å². The highest BCUT2D eigenvalue weighted by molar-refractivity contribution is 6.34. The number of nitrogens with zero attached hydrogens (tertiary/aromatic N) is 1. The molecule has 1 atom stereocenters. The normalized spacial score (nSPS) is 13.2. The topological polar surface area (TPSA) is 52.0 Å². The van der Waals surface area contributed by atoms with Crippen LogP contribution >= 0.6 is 11.6 Å². The molecule has 0 aliphatic carbocycles. The number of benzene rings is 1. The van der Waals surface area contributed by atoms with E-state index in [1.165, 1.54) is 0 Å². The summed E-state index contributed by atoms with van der Waals surface area (Å²) >= 11 is 6.03. The molecule has 2 N–H and O–H groups in total. The molecule has 3 nitrogen and oxygen atoms in total. The van der Waals surface area contributed by atoms with Gasteiger partial charge in [-0.3, -0.25) is 0 Å². The first kappa shape index (κ1) is 11.4. The minimum atomic E-state index is 0.284. The minimum absolute atomic E-state index is 0.284. The average molecular weight is 239 g/mol. The Kier molecular flexibility index (Phi) is 3.46. The van der Waals surface area contributed by atoms with Gasteiger partial charge in [-0.05, 0) is 31.5 Å². The van der Waals surface area contributed by atoms with Crippen molar-refractivity contribution in [1.29, 1.82) is 0 Å². The SMILES string of the molecule is CC(CCCN)c1nc2cccc(Cl)c2o1. The maximum absolute atomic E-state index is 6.03. The molecule has 4 heteroatoms. The lowest BCUT2D eigenvalue weighted by Crippen LogP contribution is -2.02. The van der Waals surface area contributed by atoms with Crippen LogP contribution in [0, 0.1) is 0 Å². The van der Waals surface area contributed by atoms with Crippen molar-refractivity contribution >= 4 is 22.7 Å². The molecule has 2 aromatic rings. The molecule has 0 radical (unpaired) electrons. The molecule has 0 fully saturated rings. The largest absolute Gasteiger partial charge is 0.439 e. The minimum Gasteiger partial charge on any atom is -0.439 e. The molecule has 0 aliphatic heterocycles. The van der Waals surface area contributed by atoms with E-state index in [2.05, 4.69) is 11.9 Å². The van der Waals surface area contributed by atoms with Crippen molar-refractivity contribution in [1.82, 2.24) is 4.98 Å². The Morgan fingerprint density at radius 1 is 1.50 bits per heavy atom. The quantitative estimate of drug-likeness (QED) is 0.889. The summed E-state index contributed by atoms with van der Waals surface area (Å²) in [6.07, 6.45) is 1.97. The molecule has 1 aromatic carbocycles. The molecule has 2 rings (SSSR count). The maximum atomic E-state index is 6.03. The van der Waals surface area contributed by atoms with Crippen LogP contribution in [0.15, 0.2) is 22.6 Å². The van der Waals surface area contributed by atoms with Crippen molar-refractivity contribution in [3.05, 3.63) is 29.1 Å². The van der Waals surface area contributed by atoms with Crippen molar-refractivity contribution in [2.75, 3.05) is 6.54 Å². The van der Waals surface area contributed by atoms with Gasteiger partial charge in [0.15, 0.2) is 11.5 Å². The number of oxazole rings is 1. The number of aromatic nitrogens is 1. The molecule has 0 amide bonds. The van der Waals surface area contributed by atoms with Crippen LogP contribution in [-0.4, -0.2) is 11.5 Å². The second-order valence-corrected chi connectivity index (χ2v) is 4.38. The molecular weight excluding hydrogens is 224 g/mol. The van der Waals surface area contributed by atoms with Gasteiger partial charge in [0.05, 0.1) is 5.02 Å². The number of nitrogens with two attached hydrogens (primary N) is 1. The number of halogens is 1. The third-order valence-corrected chi connectivity index (χ3v) is 2.94. The van der Waals surface area contributed by atoms with E-state index in [0.717, 1.165) is 24.2 Å². The Morgan fingerprint density at radius 2 is 2.31 bits per heavy atom. The van der Waals surface area contributed by atoms with Gasteiger partial charge >= 0.3 is 0 Å². The van der Waals surface area contributed by atoms with E-state index in [1.807, 2.05) is 18.2 Å². The molecule has 0 saturated carbocycles. The second-order valence-electron chi connectivity index (χ2n) is 3.97. The Hall–Kier alpha value is -1.06. The molecule has 0 spiro atoms. The van der Waals surface area contributed by atoms with E-state index in [9.17, 15) is 0 Å². The Morgan fingerprint density at radius 3 is 3.00 bits per heavy atom. The molecule has 16 heavy (non-hydrogen) atoms. The van der Waals surface area contributed by atoms with Crippen LogP contribution in [0.1, 0.15) is 31.6 Å². The monoisotopic (exact) mass is 238 g/mol. The van der Waals surface area contributed by atoms with E-state index in [0.29, 0.717) is 17.2 Å². The van der Waals surface area contributed by atoms with E-state index in [1.54, 1.807) is 0 Å². The lowest BCUT2D eigenvalue weighted by Gasteiger charge is -2.04. The van der Waals surface area contributed by atoms with E-state index >= 15 is 0 Å². The first-order chi connectivity index (χ1) is 7.72. The molecule has 1 unspecified atom stereocenters. The highest BCUT2D eigenvalue weighted by Gasteiger charge is 2.14. The van der Waals surface area contributed by atoms with Gasteiger partial charge in [0.1, 0.15) is 5.52 Å². The first-order valence-corrected chi connectivity index (χ1v) is 5.85. The van der Waals surface area contributed by atoms with Crippen molar-refractivity contribution in [3.63, 3.8) is 0 Å². The third kappa shape index (κ3) is 2.20. The van der Waals surface area contributed by atoms with Crippen molar-refractivity contribution < 1.29 is 4.42 Å². The van der Waals surface area contributed by atoms with Gasteiger partial charge in [-0.2, -0.15) is 0 Å². The second kappa shape index (κ2) is 4.85. The van der Waals surface area contributed by atoms with Crippen LogP contribution in [0.2, 0.25) is 5.02 Å². The van der Waals surface area contributed by atoms with Gasteiger partial charge in [0, 0.05) is 5.92 Å².